The van der Waals surface area contributed by atoms with E-state index < -0.39 is 22.0 Å². The number of hydrogen-bond donors (Lipinski definition) is 1. The smallest absolute Gasteiger partial charge is 0.297 e. The Morgan fingerprint density at radius 2 is 2.00 bits per heavy atom. The highest BCUT2D eigenvalue weighted by molar-refractivity contribution is 7.15. The van der Waals surface area contributed by atoms with Crippen molar-refractivity contribution in [2.75, 3.05) is 5.32 Å². The summed E-state index contributed by atoms with van der Waals surface area (Å²) in [5, 5.41) is 17.5. The van der Waals surface area contributed by atoms with Gasteiger partial charge in [-0.3, -0.25) is 20.2 Å². The fraction of sp³-hybridized carbons (Fsp3) is 0.0833. The van der Waals surface area contributed by atoms with Crippen molar-refractivity contribution in [1.82, 2.24) is 10.2 Å². The number of para-hydroxylation sites is 1. The highest BCUT2D eigenvalue weighted by atomic mass is 32.1. The molecule has 0 unspecified atom stereocenters. The van der Waals surface area contributed by atoms with Crippen LogP contribution in [0.4, 0.5) is 24.0 Å². The first kappa shape index (κ1) is 16.5. The third-order valence-electron chi connectivity index (χ3n) is 2.45. The molecule has 0 saturated carbocycles. The molecule has 2 rings (SSSR count). The van der Waals surface area contributed by atoms with Crippen LogP contribution < -0.4 is 5.32 Å². The van der Waals surface area contributed by atoms with Crippen molar-refractivity contribution in [3.63, 3.8) is 0 Å². The summed E-state index contributed by atoms with van der Waals surface area (Å²) in [6, 6.07) is 5.70. The lowest BCUT2D eigenvalue weighted by Crippen LogP contribution is -2.07. The molecule has 7 nitrogen and oxygen atoms in total. The Kier molecular flexibility index (Phi) is 4.69. The molecule has 1 aromatic carbocycles. The lowest BCUT2D eigenvalue weighted by atomic mass is 10.1. The standard InChI is InChI=1S/C12H7F3N4O3S/c13-12(14,15)10-17-18-11(23-10)16-9(20)6-5-7-3-1-2-4-8(7)19(21)22/h1-6H,(H,16,18,20)/b6-5+. The Morgan fingerprint density at radius 3 is 2.61 bits per heavy atom. The molecule has 0 radical (unpaired) electrons. The van der Waals surface area contributed by atoms with Gasteiger partial charge in [0.15, 0.2) is 0 Å². The quantitative estimate of drug-likeness (QED) is 0.522. The van der Waals surface area contributed by atoms with Gasteiger partial charge in [0, 0.05) is 12.1 Å². The van der Waals surface area contributed by atoms with Crippen LogP contribution in [0.2, 0.25) is 0 Å². The Morgan fingerprint density at radius 1 is 1.30 bits per heavy atom. The van der Waals surface area contributed by atoms with E-state index in [1.807, 2.05) is 0 Å². The third kappa shape index (κ3) is 4.32. The molecule has 0 spiro atoms. The number of hydrogen-bond acceptors (Lipinski definition) is 6. The van der Waals surface area contributed by atoms with Gasteiger partial charge in [0.05, 0.1) is 10.5 Å². The summed E-state index contributed by atoms with van der Waals surface area (Å²) >= 11 is 0.177. The molecule has 23 heavy (non-hydrogen) atoms. The topological polar surface area (TPSA) is 98.0 Å². The van der Waals surface area contributed by atoms with Gasteiger partial charge in [-0.1, -0.05) is 23.5 Å². The minimum atomic E-state index is -4.64. The van der Waals surface area contributed by atoms with Crippen LogP contribution in [-0.2, 0) is 11.0 Å². The monoisotopic (exact) mass is 344 g/mol. The summed E-state index contributed by atoms with van der Waals surface area (Å²) in [4.78, 5) is 21.8. The number of nitro benzene ring substituents is 1. The van der Waals surface area contributed by atoms with Crippen LogP contribution in [0.1, 0.15) is 10.6 Å². The van der Waals surface area contributed by atoms with E-state index in [-0.39, 0.29) is 27.7 Å². The average molecular weight is 344 g/mol. The number of rotatable bonds is 4. The molecule has 1 aromatic heterocycles. The van der Waals surface area contributed by atoms with Gasteiger partial charge in [-0.15, -0.1) is 10.2 Å². The predicted octanol–water partition coefficient (Wildman–Crippen LogP) is 3.12. The van der Waals surface area contributed by atoms with Gasteiger partial charge in [0.1, 0.15) is 0 Å². The number of amides is 1. The molecule has 1 heterocycles. The van der Waals surface area contributed by atoms with E-state index >= 15 is 0 Å². The number of aromatic nitrogens is 2. The number of benzene rings is 1. The molecule has 1 N–H and O–H groups in total. The van der Waals surface area contributed by atoms with Crippen LogP contribution in [0.25, 0.3) is 6.08 Å². The first-order chi connectivity index (χ1) is 10.8. The van der Waals surface area contributed by atoms with Crippen molar-refractivity contribution in [2.24, 2.45) is 0 Å². The van der Waals surface area contributed by atoms with Crippen molar-refractivity contribution in [2.45, 2.75) is 6.18 Å². The molecule has 0 saturated heterocycles. The SMILES string of the molecule is O=C(/C=C/c1ccccc1[N+](=O)[O-])Nc1nnc(C(F)(F)F)s1. The maximum atomic E-state index is 12.3. The first-order valence-corrected chi connectivity index (χ1v) is 6.72. The summed E-state index contributed by atoms with van der Waals surface area (Å²) in [6.07, 6.45) is -2.50. The highest BCUT2D eigenvalue weighted by Crippen LogP contribution is 2.32. The van der Waals surface area contributed by atoms with E-state index in [2.05, 4.69) is 15.5 Å². The summed E-state index contributed by atoms with van der Waals surface area (Å²) in [5.41, 5.74) is -0.0206. The Balaban J connectivity index is 2.08. The van der Waals surface area contributed by atoms with Gasteiger partial charge in [-0.25, -0.2) is 0 Å². The first-order valence-electron chi connectivity index (χ1n) is 5.90. The molecule has 0 bridgehead atoms. The predicted molar refractivity (Wildman–Crippen MR) is 75.7 cm³/mol. The van der Waals surface area contributed by atoms with Gasteiger partial charge < -0.3 is 0 Å². The number of anilines is 1. The fourth-order valence-electron chi connectivity index (χ4n) is 1.50. The molecular formula is C12H7F3N4O3S. The summed E-state index contributed by atoms with van der Waals surface area (Å²) in [6.45, 7) is 0. The van der Waals surface area contributed by atoms with Gasteiger partial charge in [0.25, 0.3) is 5.69 Å². The zero-order valence-electron chi connectivity index (χ0n) is 11.1. The van der Waals surface area contributed by atoms with Gasteiger partial charge in [-0.2, -0.15) is 13.2 Å². The molecule has 0 fully saturated rings. The number of carbonyl (C=O) groups excluding carboxylic acids is 1. The van der Waals surface area contributed by atoms with Crippen molar-refractivity contribution in [3.8, 4) is 0 Å². The van der Waals surface area contributed by atoms with Crippen molar-refractivity contribution >= 4 is 34.1 Å². The minimum absolute atomic E-state index is 0.177. The zero-order valence-corrected chi connectivity index (χ0v) is 11.9. The normalized spacial score (nSPS) is 11.6. The van der Waals surface area contributed by atoms with E-state index in [9.17, 15) is 28.1 Å². The molecule has 2 aromatic rings. The summed E-state index contributed by atoms with van der Waals surface area (Å²) in [5.74, 6) is -0.784. The number of nitrogens with zero attached hydrogens (tertiary/aromatic N) is 3. The zero-order chi connectivity index (χ0) is 17.0. The van der Waals surface area contributed by atoms with Crippen LogP contribution in [0.15, 0.2) is 30.3 Å². The second-order valence-electron chi connectivity index (χ2n) is 4.05. The molecular weight excluding hydrogens is 337 g/mol. The van der Waals surface area contributed by atoms with Crippen LogP contribution in [-0.4, -0.2) is 21.0 Å². The molecule has 0 aliphatic rings. The lowest BCUT2D eigenvalue weighted by molar-refractivity contribution is -0.385. The second kappa shape index (κ2) is 6.52. The van der Waals surface area contributed by atoms with E-state index in [1.54, 1.807) is 6.07 Å². The van der Waals surface area contributed by atoms with Gasteiger partial charge >= 0.3 is 6.18 Å². The molecule has 0 atom stereocenters. The molecule has 11 heteroatoms. The minimum Gasteiger partial charge on any atom is -0.297 e. The maximum absolute atomic E-state index is 12.3. The Bertz CT molecular complexity index is 773. The Hall–Kier alpha value is -2.82. The second-order valence-corrected chi connectivity index (χ2v) is 5.03. The van der Waals surface area contributed by atoms with Gasteiger partial charge in [0.2, 0.25) is 16.0 Å². The van der Waals surface area contributed by atoms with E-state index in [0.717, 1.165) is 6.08 Å². The number of nitro groups is 1. The summed E-state index contributed by atoms with van der Waals surface area (Å²) < 4.78 is 37.0. The molecule has 1 amide bonds. The van der Waals surface area contributed by atoms with Crippen molar-refractivity contribution in [1.29, 1.82) is 0 Å². The molecule has 0 aliphatic heterocycles. The number of carbonyl (C=O) groups is 1. The van der Waals surface area contributed by atoms with Crippen molar-refractivity contribution in [3.05, 3.63) is 51.0 Å². The largest absolute Gasteiger partial charge is 0.445 e. The maximum Gasteiger partial charge on any atom is 0.445 e. The molecule has 0 aliphatic carbocycles. The van der Waals surface area contributed by atoms with E-state index in [4.69, 9.17) is 0 Å². The number of nitrogens with one attached hydrogen (secondary N) is 1. The van der Waals surface area contributed by atoms with Crippen LogP contribution in [0.3, 0.4) is 0 Å². The average Bonchev–Trinajstić information content (AvgIpc) is 2.94. The van der Waals surface area contributed by atoms with Crippen molar-refractivity contribution < 1.29 is 22.9 Å². The summed E-state index contributed by atoms with van der Waals surface area (Å²) in [7, 11) is 0. The number of alkyl halides is 3. The molecule has 120 valence electrons. The lowest BCUT2D eigenvalue weighted by Gasteiger charge is -1.98. The van der Waals surface area contributed by atoms with Crippen LogP contribution >= 0.6 is 11.3 Å². The van der Waals surface area contributed by atoms with E-state index in [1.165, 1.54) is 24.3 Å². The third-order valence-corrected chi connectivity index (χ3v) is 3.33. The van der Waals surface area contributed by atoms with Crippen LogP contribution in [0, 0.1) is 10.1 Å². The highest BCUT2D eigenvalue weighted by Gasteiger charge is 2.35. The number of halogens is 3. The Labute approximate surface area is 130 Å². The van der Waals surface area contributed by atoms with Gasteiger partial charge in [-0.05, 0) is 12.1 Å². The van der Waals surface area contributed by atoms with E-state index in [0.29, 0.717) is 0 Å². The fourth-order valence-corrected chi connectivity index (χ4v) is 2.11. The van der Waals surface area contributed by atoms with Crippen LogP contribution in [0.5, 0.6) is 0 Å².